The molecule has 0 N–H and O–H groups in total. The first-order valence-corrected chi connectivity index (χ1v) is 9.41. The van der Waals surface area contributed by atoms with E-state index >= 15 is 0 Å². The van der Waals surface area contributed by atoms with Crippen LogP contribution in [0.5, 0.6) is 5.88 Å². The minimum atomic E-state index is 0.0543. The molecule has 2 aromatic heterocycles. The smallest absolute Gasteiger partial charge is 0.244 e. The Morgan fingerprint density at radius 3 is 2.61 bits per heavy atom. The highest BCUT2D eigenvalue weighted by molar-refractivity contribution is 5.59. The standard InChI is InChI=1S/C20H24N6O2/c1-14-6-4-5-7-16(14)18-23-19(28-24-18)15(2)25-10-12-26(13-11-25)20-21-9-8-17(22-20)27-3/h4-9,15H,10-13H2,1-3H3/t15-/m1/s1. The van der Waals surface area contributed by atoms with E-state index in [-0.39, 0.29) is 6.04 Å². The number of ether oxygens (including phenoxy) is 1. The van der Waals surface area contributed by atoms with Crippen LogP contribution >= 0.6 is 0 Å². The topological polar surface area (TPSA) is 80.4 Å². The zero-order chi connectivity index (χ0) is 19.5. The Morgan fingerprint density at radius 1 is 1.07 bits per heavy atom. The number of rotatable bonds is 5. The van der Waals surface area contributed by atoms with E-state index in [0.29, 0.717) is 23.5 Å². The van der Waals surface area contributed by atoms with Crippen LogP contribution in [-0.4, -0.2) is 58.3 Å². The molecule has 1 aliphatic heterocycles. The van der Waals surface area contributed by atoms with Gasteiger partial charge in [0.15, 0.2) is 0 Å². The molecule has 0 saturated carbocycles. The summed E-state index contributed by atoms with van der Waals surface area (Å²) in [5.41, 5.74) is 2.14. The Balaban J connectivity index is 1.42. The lowest BCUT2D eigenvalue weighted by Gasteiger charge is -2.36. The van der Waals surface area contributed by atoms with Crippen LogP contribution in [0.25, 0.3) is 11.4 Å². The summed E-state index contributed by atoms with van der Waals surface area (Å²) in [6, 6.07) is 9.87. The van der Waals surface area contributed by atoms with Gasteiger partial charge >= 0.3 is 0 Å². The first kappa shape index (κ1) is 18.4. The average Bonchev–Trinajstić information content (AvgIpc) is 3.24. The summed E-state index contributed by atoms with van der Waals surface area (Å²) in [6.45, 7) is 7.54. The molecule has 1 atom stereocenters. The summed E-state index contributed by atoms with van der Waals surface area (Å²) in [5.74, 6) is 2.56. The van der Waals surface area contributed by atoms with E-state index in [1.807, 2.05) is 18.2 Å². The van der Waals surface area contributed by atoms with Crippen LogP contribution in [0.4, 0.5) is 5.95 Å². The average molecular weight is 380 g/mol. The number of nitrogens with zero attached hydrogens (tertiary/aromatic N) is 6. The van der Waals surface area contributed by atoms with Gasteiger partial charge in [0.2, 0.25) is 23.5 Å². The summed E-state index contributed by atoms with van der Waals surface area (Å²) < 4.78 is 10.8. The predicted octanol–water partition coefficient (Wildman–Crippen LogP) is 2.73. The Labute approximate surface area is 164 Å². The van der Waals surface area contributed by atoms with Crippen LogP contribution in [0.2, 0.25) is 0 Å². The van der Waals surface area contributed by atoms with E-state index in [9.17, 15) is 0 Å². The fourth-order valence-electron chi connectivity index (χ4n) is 3.40. The van der Waals surface area contributed by atoms with Crippen LogP contribution in [0, 0.1) is 6.92 Å². The second-order valence-electron chi connectivity index (χ2n) is 6.87. The molecule has 3 aromatic rings. The summed E-state index contributed by atoms with van der Waals surface area (Å²) in [4.78, 5) is 17.9. The van der Waals surface area contributed by atoms with Gasteiger partial charge in [-0.05, 0) is 19.4 Å². The maximum Gasteiger partial charge on any atom is 0.244 e. The SMILES string of the molecule is COc1ccnc(N2CCN([C@H](C)c3nc(-c4ccccc4C)no3)CC2)n1. The van der Waals surface area contributed by atoms with Gasteiger partial charge in [0.1, 0.15) is 0 Å². The normalized spacial score (nSPS) is 16.2. The molecule has 0 bridgehead atoms. The summed E-state index contributed by atoms with van der Waals surface area (Å²) >= 11 is 0. The van der Waals surface area contributed by atoms with Crippen LogP contribution in [-0.2, 0) is 0 Å². The maximum absolute atomic E-state index is 5.57. The largest absolute Gasteiger partial charge is 0.481 e. The van der Waals surface area contributed by atoms with Crippen molar-refractivity contribution in [3.8, 4) is 17.3 Å². The molecule has 1 saturated heterocycles. The van der Waals surface area contributed by atoms with E-state index < -0.39 is 0 Å². The number of hydrogen-bond donors (Lipinski definition) is 0. The Kier molecular flexibility index (Phi) is 5.21. The summed E-state index contributed by atoms with van der Waals surface area (Å²) in [5, 5.41) is 4.19. The van der Waals surface area contributed by atoms with E-state index in [4.69, 9.17) is 9.26 Å². The molecule has 0 aliphatic carbocycles. The lowest BCUT2D eigenvalue weighted by atomic mass is 10.1. The van der Waals surface area contributed by atoms with Gasteiger partial charge in [0, 0.05) is 44.0 Å². The van der Waals surface area contributed by atoms with Crippen molar-refractivity contribution in [3.63, 3.8) is 0 Å². The van der Waals surface area contributed by atoms with Gasteiger partial charge in [-0.2, -0.15) is 9.97 Å². The molecule has 3 heterocycles. The van der Waals surface area contributed by atoms with Gasteiger partial charge in [0.05, 0.1) is 13.2 Å². The van der Waals surface area contributed by atoms with Crippen molar-refractivity contribution in [1.29, 1.82) is 0 Å². The number of benzene rings is 1. The van der Waals surface area contributed by atoms with Crippen molar-refractivity contribution in [2.75, 3.05) is 38.2 Å². The maximum atomic E-state index is 5.57. The minimum Gasteiger partial charge on any atom is -0.481 e. The second-order valence-corrected chi connectivity index (χ2v) is 6.87. The van der Waals surface area contributed by atoms with Crippen molar-refractivity contribution in [2.24, 2.45) is 0 Å². The Bertz CT molecular complexity index is 936. The Hall–Kier alpha value is -3.00. The van der Waals surface area contributed by atoms with E-state index in [1.165, 1.54) is 0 Å². The highest BCUT2D eigenvalue weighted by Crippen LogP contribution is 2.25. The first-order chi connectivity index (χ1) is 13.7. The number of aryl methyl sites for hydroxylation is 1. The van der Waals surface area contributed by atoms with E-state index in [0.717, 1.165) is 37.3 Å². The number of piperazine rings is 1. The zero-order valence-electron chi connectivity index (χ0n) is 16.4. The third-order valence-electron chi connectivity index (χ3n) is 5.16. The van der Waals surface area contributed by atoms with Crippen molar-refractivity contribution in [1.82, 2.24) is 25.0 Å². The first-order valence-electron chi connectivity index (χ1n) is 9.41. The van der Waals surface area contributed by atoms with Gasteiger partial charge in [-0.3, -0.25) is 4.90 Å². The van der Waals surface area contributed by atoms with Gasteiger partial charge in [-0.25, -0.2) is 4.98 Å². The molecule has 1 aliphatic rings. The third kappa shape index (κ3) is 3.68. The number of methoxy groups -OCH3 is 1. The molecule has 28 heavy (non-hydrogen) atoms. The van der Waals surface area contributed by atoms with Crippen molar-refractivity contribution < 1.29 is 9.26 Å². The van der Waals surface area contributed by atoms with Crippen LogP contribution < -0.4 is 9.64 Å². The monoisotopic (exact) mass is 380 g/mol. The Morgan fingerprint density at radius 2 is 1.86 bits per heavy atom. The number of aromatic nitrogens is 4. The molecule has 0 radical (unpaired) electrons. The molecule has 4 rings (SSSR count). The highest BCUT2D eigenvalue weighted by Gasteiger charge is 2.27. The number of anilines is 1. The quantitative estimate of drug-likeness (QED) is 0.668. The van der Waals surface area contributed by atoms with Gasteiger partial charge in [-0.15, -0.1) is 0 Å². The molecule has 1 fully saturated rings. The van der Waals surface area contributed by atoms with Crippen LogP contribution in [0.3, 0.4) is 0 Å². The van der Waals surface area contributed by atoms with Crippen LogP contribution in [0.15, 0.2) is 41.1 Å². The van der Waals surface area contributed by atoms with Crippen molar-refractivity contribution >= 4 is 5.95 Å². The molecule has 0 spiro atoms. The zero-order valence-corrected chi connectivity index (χ0v) is 16.4. The van der Waals surface area contributed by atoms with Gasteiger partial charge in [-0.1, -0.05) is 29.4 Å². The van der Waals surface area contributed by atoms with Crippen molar-refractivity contribution in [2.45, 2.75) is 19.9 Å². The minimum absolute atomic E-state index is 0.0543. The lowest BCUT2D eigenvalue weighted by Crippen LogP contribution is -2.47. The fraction of sp³-hybridized carbons (Fsp3) is 0.400. The predicted molar refractivity (Wildman–Crippen MR) is 105 cm³/mol. The molecule has 146 valence electrons. The molecule has 0 amide bonds. The summed E-state index contributed by atoms with van der Waals surface area (Å²) in [7, 11) is 1.61. The third-order valence-corrected chi connectivity index (χ3v) is 5.16. The molecule has 8 nitrogen and oxygen atoms in total. The van der Waals surface area contributed by atoms with Crippen LogP contribution in [0.1, 0.15) is 24.4 Å². The highest BCUT2D eigenvalue weighted by atomic mass is 16.5. The number of hydrogen-bond acceptors (Lipinski definition) is 8. The summed E-state index contributed by atoms with van der Waals surface area (Å²) in [6.07, 6.45) is 1.72. The van der Waals surface area contributed by atoms with E-state index in [1.54, 1.807) is 19.4 Å². The van der Waals surface area contributed by atoms with Crippen molar-refractivity contribution in [3.05, 3.63) is 48.0 Å². The van der Waals surface area contributed by atoms with Gasteiger partial charge in [0.25, 0.3) is 0 Å². The van der Waals surface area contributed by atoms with Gasteiger partial charge < -0.3 is 14.2 Å². The fourth-order valence-corrected chi connectivity index (χ4v) is 3.40. The molecular formula is C20H24N6O2. The molecule has 0 unspecified atom stereocenters. The molecule has 1 aromatic carbocycles. The second kappa shape index (κ2) is 7.93. The lowest BCUT2D eigenvalue weighted by molar-refractivity contribution is 0.163. The molecular weight excluding hydrogens is 356 g/mol. The molecule has 8 heteroatoms. The van der Waals surface area contributed by atoms with E-state index in [2.05, 4.69) is 49.8 Å².